The van der Waals surface area contributed by atoms with Crippen molar-refractivity contribution >= 4 is 5.97 Å². The van der Waals surface area contributed by atoms with Gasteiger partial charge in [0.05, 0.1) is 6.42 Å². The second kappa shape index (κ2) is 7.41. The molecule has 2 rings (SSSR count). The second-order valence-electron chi connectivity index (χ2n) is 5.54. The molecule has 0 radical (unpaired) electrons. The number of benzene rings is 1. The van der Waals surface area contributed by atoms with Crippen molar-refractivity contribution in [1.82, 2.24) is 9.80 Å². The summed E-state index contributed by atoms with van der Waals surface area (Å²) in [7, 11) is 0. The number of carboxylic acid groups (broad SMARTS) is 1. The lowest BCUT2D eigenvalue weighted by atomic mass is 10.1. The Balaban J connectivity index is 1.83. The lowest BCUT2D eigenvalue weighted by molar-refractivity contribution is -0.137. The molecule has 1 aromatic carbocycles. The van der Waals surface area contributed by atoms with Crippen molar-refractivity contribution in [1.29, 1.82) is 0 Å². The van der Waals surface area contributed by atoms with Gasteiger partial charge < -0.3 is 10.0 Å². The summed E-state index contributed by atoms with van der Waals surface area (Å²) < 4.78 is 0. The number of carboxylic acids is 1. The predicted octanol–water partition coefficient (Wildman–Crippen LogP) is 1.98. The molecule has 1 N–H and O–H groups in total. The molecular weight excluding hydrogens is 252 g/mol. The number of aliphatic carboxylic acids is 1. The van der Waals surface area contributed by atoms with Gasteiger partial charge in [-0.05, 0) is 37.6 Å². The highest BCUT2D eigenvalue weighted by molar-refractivity contribution is 5.66. The highest BCUT2D eigenvalue weighted by Gasteiger charge is 2.15. The van der Waals surface area contributed by atoms with Gasteiger partial charge in [-0.1, -0.05) is 24.3 Å². The average molecular weight is 276 g/mol. The molecule has 0 atom stereocenters. The SMILES string of the molecule is Cc1ccccc1CN1CCCN(CCC(=O)O)CC1. The van der Waals surface area contributed by atoms with Crippen molar-refractivity contribution in [3.63, 3.8) is 0 Å². The Morgan fingerprint density at radius 2 is 1.85 bits per heavy atom. The summed E-state index contributed by atoms with van der Waals surface area (Å²) in [6.45, 7) is 7.93. The Kier molecular flexibility index (Phi) is 5.56. The molecule has 1 saturated heterocycles. The maximum Gasteiger partial charge on any atom is 0.304 e. The van der Waals surface area contributed by atoms with Crippen LogP contribution in [0.2, 0.25) is 0 Å². The van der Waals surface area contributed by atoms with Crippen LogP contribution in [0.1, 0.15) is 24.0 Å². The van der Waals surface area contributed by atoms with Gasteiger partial charge in [-0.15, -0.1) is 0 Å². The van der Waals surface area contributed by atoms with Crippen molar-refractivity contribution in [3.05, 3.63) is 35.4 Å². The van der Waals surface area contributed by atoms with Crippen LogP contribution in [0, 0.1) is 6.92 Å². The van der Waals surface area contributed by atoms with Crippen molar-refractivity contribution in [3.8, 4) is 0 Å². The van der Waals surface area contributed by atoms with Crippen LogP contribution >= 0.6 is 0 Å². The van der Waals surface area contributed by atoms with E-state index in [2.05, 4.69) is 41.0 Å². The van der Waals surface area contributed by atoms with Gasteiger partial charge in [-0.25, -0.2) is 0 Å². The van der Waals surface area contributed by atoms with Gasteiger partial charge in [-0.3, -0.25) is 9.69 Å². The van der Waals surface area contributed by atoms with Gasteiger partial charge in [-0.2, -0.15) is 0 Å². The molecule has 1 heterocycles. The highest BCUT2D eigenvalue weighted by atomic mass is 16.4. The molecule has 0 aromatic heterocycles. The first-order chi connectivity index (χ1) is 9.65. The zero-order valence-electron chi connectivity index (χ0n) is 12.2. The molecule has 110 valence electrons. The minimum atomic E-state index is -0.703. The Bertz CT molecular complexity index is 448. The van der Waals surface area contributed by atoms with Gasteiger partial charge in [0.1, 0.15) is 0 Å². The van der Waals surface area contributed by atoms with Crippen LogP contribution in [-0.2, 0) is 11.3 Å². The van der Waals surface area contributed by atoms with Crippen LogP contribution in [0.4, 0.5) is 0 Å². The van der Waals surface area contributed by atoms with E-state index in [1.807, 2.05) is 0 Å². The molecule has 4 heteroatoms. The summed E-state index contributed by atoms with van der Waals surface area (Å²) in [4.78, 5) is 15.4. The van der Waals surface area contributed by atoms with Gasteiger partial charge in [0.2, 0.25) is 0 Å². The molecule has 0 saturated carbocycles. The average Bonchev–Trinajstić information content (AvgIpc) is 2.64. The number of rotatable bonds is 5. The van der Waals surface area contributed by atoms with Crippen molar-refractivity contribution in [2.24, 2.45) is 0 Å². The number of aryl methyl sites for hydroxylation is 1. The number of carbonyl (C=O) groups is 1. The van der Waals surface area contributed by atoms with Crippen LogP contribution in [0.15, 0.2) is 24.3 Å². The molecule has 20 heavy (non-hydrogen) atoms. The fraction of sp³-hybridized carbons (Fsp3) is 0.562. The molecule has 1 fully saturated rings. The normalized spacial score (nSPS) is 17.9. The van der Waals surface area contributed by atoms with Crippen LogP contribution in [-0.4, -0.2) is 53.6 Å². The van der Waals surface area contributed by atoms with E-state index in [9.17, 15) is 4.79 Å². The van der Waals surface area contributed by atoms with Crippen LogP contribution in [0.25, 0.3) is 0 Å². The minimum absolute atomic E-state index is 0.248. The monoisotopic (exact) mass is 276 g/mol. The second-order valence-corrected chi connectivity index (χ2v) is 5.54. The van der Waals surface area contributed by atoms with Crippen molar-refractivity contribution < 1.29 is 9.90 Å². The highest BCUT2D eigenvalue weighted by Crippen LogP contribution is 2.12. The molecule has 1 aliphatic heterocycles. The summed E-state index contributed by atoms with van der Waals surface area (Å²) in [5.41, 5.74) is 2.74. The molecular formula is C16H24N2O2. The third-order valence-corrected chi connectivity index (χ3v) is 3.98. The Morgan fingerprint density at radius 1 is 1.15 bits per heavy atom. The van der Waals surface area contributed by atoms with E-state index in [4.69, 9.17) is 5.11 Å². The number of nitrogens with zero attached hydrogens (tertiary/aromatic N) is 2. The van der Waals surface area contributed by atoms with Crippen LogP contribution in [0.3, 0.4) is 0 Å². The maximum absolute atomic E-state index is 10.6. The predicted molar refractivity (Wildman–Crippen MR) is 79.8 cm³/mol. The zero-order chi connectivity index (χ0) is 14.4. The molecule has 0 amide bonds. The quantitative estimate of drug-likeness (QED) is 0.893. The maximum atomic E-state index is 10.6. The van der Waals surface area contributed by atoms with Gasteiger partial charge in [0.25, 0.3) is 0 Å². The Morgan fingerprint density at radius 3 is 2.60 bits per heavy atom. The summed E-state index contributed by atoms with van der Waals surface area (Å²) in [6, 6.07) is 8.53. The number of hydrogen-bond acceptors (Lipinski definition) is 3. The van der Waals surface area contributed by atoms with E-state index >= 15 is 0 Å². The first kappa shape index (κ1) is 15.0. The van der Waals surface area contributed by atoms with Crippen molar-refractivity contribution in [2.45, 2.75) is 26.3 Å². The summed E-state index contributed by atoms with van der Waals surface area (Å²) in [6.07, 6.45) is 1.36. The Labute approximate surface area is 121 Å². The Hall–Kier alpha value is -1.39. The lowest BCUT2D eigenvalue weighted by Gasteiger charge is -2.22. The van der Waals surface area contributed by atoms with Crippen molar-refractivity contribution in [2.75, 3.05) is 32.7 Å². The van der Waals surface area contributed by atoms with E-state index in [0.717, 1.165) is 39.1 Å². The van der Waals surface area contributed by atoms with Crippen LogP contribution in [0.5, 0.6) is 0 Å². The van der Waals surface area contributed by atoms with Gasteiger partial charge >= 0.3 is 5.97 Å². The van der Waals surface area contributed by atoms with E-state index < -0.39 is 5.97 Å². The molecule has 0 bridgehead atoms. The largest absolute Gasteiger partial charge is 0.481 e. The topological polar surface area (TPSA) is 43.8 Å². The van der Waals surface area contributed by atoms with E-state index in [1.54, 1.807) is 0 Å². The molecule has 0 unspecified atom stereocenters. The third-order valence-electron chi connectivity index (χ3n) is 3.98. The van der Waals surface area contributed by atoms with E-state index in [1.165, 1.54) is 11.1 Å². The minimum Gasteiger partial charge on any atom is -0.481 e. The van der Waals surface area contributed by atoms with E-state index in [0.29, 0.717) is 6.54 Å². The molecule has 4 nitrogen and oxygen atoms in total. The summed E-state index contributed by atoms with van der Waals surface area (Å²) >= 11 is 0. The number of hydrogen-bond donors (Lipinski definition) is 1. The third kappa shape index (κ3) is 4.62. The van der Waals surface area contributed by atoms with Gasteiger partial charge in [0, 0.05) is 26.2 Å². The lowest BCUT2D eigenvalue weighted by Crippen LogP contribution is -2.32. The first-order valence-corrected chi connectivity index (χ1v) is 7.36. The summed E-state index contributed by atoms with van der Waals surface area (Å²) in [5, 5.41) is 8.75. The molecule has 1 aliphatic rings. The fourth-order valence-electron chi connectivity index (χ4n) is 2.69. The molecule has 0 spiro atoms. The van der Waals surface area contributed by atoms with Crippen LogP contribution < -0.4 is 0 Å². The zero-order valence-corrected chi connectivity index (χ0v) is 12.2. The molecule has 1 aromatic rings. The van der Waals surface area contributed by atoms with Gasteiger partial charge in [0.15, 0.2) is 0 Å². The fourth-order valence-corrected chi connectivity index (χ4v) is 2.69. The van der Waals surface area contributed by atoms with E-state index in [-0.39, 0.29) is 6.42 Å². The summed E-state index contributed by atoms with van der Waals surface area (Å²) in [5.74, 6) is -0.703. The standard InChI is InChI=1S/C16H24N2O2/c1-14-5-2-3-6-15(14)13-18-9-4-8-17(11-12-18)10-7-16(19)20/h2-3,5-6H,4,7-13H2,1H3,(H,19,20). The smallest absolute Gasteiger partial charge is 0.304 e. The molecule has 0 aliphatic carbocycles. The first-order valence-electron chi connectivity index (χ1n) is 7.36.